The quantitative estimate of drug-likeness (QED) is 0.730. The highest BCUT2D eigenvalue weighted by atomic mass is 19.4. The average Bonchev–Trinajstić information content (AvgIpc) is 2.38. The maximum atomic E-state index is 13.5. The molecule has 0 radical (unpaired) electrons. The van der Waals surface area contributed by atoms with Crippen molar-refractivity contribution in [2.75, 3.05) is 0 Å². The van der Waals surface area contributed by atoms with Gasteiger partial charge in [-0.1, -0.05) is 20.3 Å². The van der Waals surface area contributed by atoms with Crippen LogP contribution in [-0.2, 0) is 0 Å². The Hall–Kier alpha value is -0.290. The molecule has 1 rings (SSSR count). The van der Waals surface area contributed by atoms with Crippen LogP contribution in [0.5, 0.6) is 0 Å². The van der Waals surface area contributed by atoms with E-state index >= 15 is 0 Å². The third-order valence-electron chi connectivity index (χ3n) is 5.10. The first kappa shape index (κ1) is 18.8. The molecule has 0 aliphatic heterocycles. The SMILES string of the molecule is CCCC(O)CCCC(C)(C1CCC(O)CC1)C(F)(F)F. The van der Waals surface area contributed by atoms with Gasteiger partial charge in [0, 0.05) is 0 Å². The van der Waals surface area contributed by atoms with Crippen LogP contribution >= 0.6 is 0 Å². The summed E-state index contributed by atoms with van der Waals surface area (Å²) in [7, 11) is 0. The highest BCUT2D eigenvalue weighted by molar-refractivity contribution is 4.91. The Balaban J connectivity index is 2.62. The molecule has 2 atom stereocenters. The molecule has 2 N–H and O–H groups in total. The van der Waals surface area contributed by atoms with Crippen LogP contribution in [0.4, 0.5) is 13.2 Å². The fourth-order valence-electron chi connectivity index (χ4n) is 3.47. The van der Waals surface area contributed by atoms with E-state index in [0.717, 1.165) is 6.42 Å². The molecular formula is C16H29F3O2. The summed E-state index contributed by atoms with van der Waals surface area (Å²) in [4.78, 5) is 0. The summed E-state index contributed by atoms with van der Waals surface area (Å²) in [6.45, 7) is 3.28. The molecule has 0 amide bonds. The van der Waals surface area contributed by atoms with Crippen LogP contribution in [0, 0.1) is 11.3 Å². The number of hydrogen-bond donors (Lipinski definition) is 2. The summed E-state index contributed by atoms with van der Waals surface area (Å²) in [5.74, 6) is -0.413. The van der Waals surface area contributed by atoms with Crippen molar-refractivity contribution in [3.05, 3.63) is 0 Å². The van der Waals surface area contributed by atoms with E-state index in [0.29, 0.717) is 44.9 Å². The van der Waals surface area contributed by atoms with Gasteiger partial charge in [0.05, 0.1) is 17.6 Å². The summed E-state index contributed by atoms with van der Waals surface area (Å²) >= 11 is 0. The van der Waals surface area contributed by atoms with Gasteiger partial charge in [0.2, 0.25) is 0 Å². The number of alkyl halides is 3. The molecule has 0 aromatic rings. The van der Waals surface area contributed by atoms with E-state index < -0.39 is 29.7 Å². The van der Waals surface area contributed by atoms with Crippen molar-refractivity contribution in [3.8, 4) is 0 Å². The molecule has 0 aromatic heterocycles. The van der Waals surface area contributed by atoms with Gasteiger partial charge in [0.15, 0.2) is 0 Å². The van der Waals surface area contributed by atoms with Gasteiger partial charge in [-0.25, -0.2) is 0 Å². The Labute approximate surface area is 125 Å². The van der Waals surface area contributed by atoms with Gasteiger partial charge < -0.3 is 10.2 Å². The first-order chi connectivity index (χ1) is 9.70. The maximum Gasteiger partial charge on any atom is 0.394 e. The van der Waals surface area contributed by atoms with Crippen molar-refractivity contribution in [2.24, 2.45) is 11.3 Å². The number of hydrogen-bond acceptors (Lipinski definition) is 2. The molecule has 1 fully saturated rings. The van der Waals surface area contributed by atoms with Crippen molar-refractivity contribution in [1.29, 1.82) is 0 Å². The van der Waals surface area contributed by atoms with Crippen LogP contribution in [0.1, 0.15) is 71.6 Å². The number of rotatable bonds is 7. The Morgan fingerprint density at radius 2 is 1.67 bits per heavy atom. The largest absolute Gasteiger partial charge is 0.394 e. The molecule has 126 valence electrons. The molecule has 0 spiro atoms. The van der Waals surface area contributed by atoms with Crippen molar-refractivity contribution in [1.82, 2.24) is 0 Å². The second kappa shape index (κ2) is 7.82. The Morgan fingerprint density at radius 3 is 2.14 bits per heavy atom. The summed E-state index contributed by atoms with van der Waals surface area (Å²) in [5, 5.41) is 19.2. The third-order valence-corrected chi connectivity index (χ3v) is 5.10. The minimum absolute atomic E-state index is 0.0675. The molecule has 0 aromatic carbocycles. The molecule has 1 aliphatic rings. The zero-order chi connectivity index (χ0) is 16.1. The summed E-state index contributed by atoms with van der Waals surface area (Å²) in [6, 6.07) is 0. The zero-order valence-electron chi connectivity index (χ0n) is 13.1. The van der Waals surface area contributed by atoms with Crippen LogP contribution in [-0.4, -0.2) is 28.6 Å². The fraction of sp³-hybridized carbons (Fsp3) is 1.00. The van der Waals surface area contributed by atoms with Crippen LogP contribution in [0.2, 0.25) is 0 Å². The van der Waals surface area contributed by atoms with E-state index in [2.05, 4.69) is 0 Å². The highest BCUT2D eigenvalue weighted by Gasteiger charge is 2.55. The van der Waals surface area contributed by atoms with E-state index in [-0.39, 0.29) is 6.42 Å². The first-order valence-corrected chi connectivity index (χ1v) is 8.13. The lowest BCUT2D eigenvalue weighted by atomic mass is 9.66. The Morgan fingerprint density at radius 1 is 1.10 bits per heavy atom. The molecule has 1 saturated carbocycles. The molecule has 0 heterocycles. The average molecular weight is 310 g/mol. The predicted molar refractivity (Wildman–Crippen MR) is 76.9 cm³/mol. The van der Waals surface area contributed by atoms with Gasteiger partial charge in [-0.3, -0.25) is 0 Å². The van der Waals surface area contributed by atoms with Crippen LogP contribution in [0.15, 0.2) is 0 Å². The van der Waals surface area contributed by atoms with Gasteiger partial charge in [0.25, 0.3) is 0 Å². The van der Waals surface area contributed by atoms with Gasteiger partial charge >= 0.3 is 6.18 Å². The van der Waals surface area contributed by atoms with Gasteiger partial charge in [-0.2, -0.15) is 13.2 Å². The normalized spacial score (nSPS) is 28.1. The Bertz CT molecular complexity index is 298. The van der Waals surface area contributed by atoms with Crippen molar-refractivity contribution in [2.45, 2.75) is 90.0 Å². The lowest BCUT2D eigenvalue weighted by Crippen LogP contribution is -2.44. The second-order valence-corrected chi connectivity index (χ2v) is 6.76. The van der Waals surface area contributed by atoms with Gasteiger partial charge in [0.1, 0.15) is 0 Å². The first-order valence-electron chi connectivity index (χ1n) is 8.13. The lowest BCUT2D eigenvalue weighted by molar-refractivity contribution is -0.244. The van der Waals surface area contributed by atoms with E-state index in [1.54, 1.807) is 0 Å². The summed E-state index contributed by atoms with van der Waals surface area (Å²) in [6.07, 6.45) is -0.937. The molecule has 21 heavy (non-hydrogen) atoms. The molecule has 2 unspecified atom stereocenters. The number of halogens is 3. The van der Waals surface area contributed by atoms with Crippen molar-refractivity contribution < 1.29 is 23.4 Å². The monoisotopic (exact) mass is 310 g/mol. The molecule has 5 heteroatoms. The van der Waals surface area contributed by atoms with E-state index in [4.69, 9.17) is 0 Å². The molecule has 0 bridgehead atoms. The molecule has 0 saturated heterocycles. The van der Waals surface area contributed by atoms with E-state index in [1.165, 1.54) is 6.92 Å². The standard InChI is InChI=1S/C16H29F3O2/c1-3-5-13(20)6-4-11-15(2,16(17,18)19)12-7-9-14(21)10-8-12/h12-14,20-21H,3-11H2,1-2H3. The zero-order valence-corrected chi connectivity index (χ0v) is 13.1. The van der Waals surface area contributed by atoms with Crippen LogP contribution in [0.25, 0.3) is 0 Å². The predicted octanol–water partition coefficient (Wildman–Crippen LogP) is 4.44. The van der Waals surface area contributed by atoms with Crippen molar-refractivity contribution >= 4 is 0 Å². The minimum Gasteiger partial charge on any atom is -0.393 e. The van der Waals surface area contributed by atoms with E-state index in [9.17, 15) is 23.4 Å². The molecule has 1 aliphatic carbocycles. The summed E-state index contributed by atoms with van der Waals surface area (Å²) < 4.78 is 40.6. The highest BCUT2D eigenvalue weighted by Crippen LogP contribution is 2.52. The molecule has 2 nitrogen and oxygen atoms in total. The van der Waals surface area contributed by atoms with E-state index in [1.807, 2.05) is 6.92 Å². The second-order valence-electron chi connectivity index (χ2n) is 6.76. The van der Waals surface area contributed by atoms with Gasteiger partial charge in [-0.15, -0.1) is 0 Å². The van der Waals surface area contributed by atoms with Crippen LogP contribution < -0.4 is 0 Å². The third kappa shape index (κ3) is 5.13. The Kier molecular flexibility index (Phi) is 6.98. The maximum absolute atomic E-state index is 13.5. The van der Waals surface area contributed by atoms with Crippen LogP contribution in [0.3, 0.4) is 0 Å². The fourth-order valence-corrected chi connectivity index (χ4v) is 3.47. The topological polar surface area (TPSA) is 40.5 Å². The number of aliphatic hydroxyl groups excluding tert-OH is 2. The molecular weight excluding hydrogens is 281 g/mol. The lowest BCUT2D eigenvalue weighted by Gasteiger charge is -2.42. The van der Waals surface area contributed by atoms with Gasteiger partial charge in [-0.05, 0) is 57.3 Å². The minimum atomic E-state index is -4.23. The summed E-state index contributed by atoms with van der Waals surface area (Å²) in [5.41, 5.74) is -1.70. The van der Waals surface area contributed by atoms with Crippen molar-refractivity contribution in [3.63, 3.8) is 0 Å². The number of aliphatic hydroxyl groups is 2. The smallest absolute Gasteiger partial charge is 0.393 e.